The molecule has 0 spiro atoms. The summed E-state index contributed by atoms with van der Waals surface area (Å²) in [5, 5.41) is 9.49. The maximum Gasteiger partial charge on any atom is 0.308 e. The number of rotatable bonds is 2. The van der Waals surface area contributed by atoms with E-state index in [9.17, 15) is 14.1 Å². The summed E-state index contributed by atoms with van der Waals surface area (Å²) < 4.78 is 11.5. The predicted molar refractivity (Wildman–Crippen MR) is 81.2 cm³/mol. The first-order valence-electron chi connectivity index (χ1n) is 7.61. The van der Waals surface area contributed by atoms with Crippen LogP contribution in [0.1, 0.15) is 40.0 Å². The molecule has 2 rings (SSSR count). The second-order valence-electron chi connectivity index (χ2n) is 7.27. The van der Waals surface area contributed by atoms with Crippen LogP contribution in [0.15, 0.2) is 0 Å². The molecule has 2 fully saturated rings. The van der Waals surface area contributed by atoms with Crippen LogP contribution in [0.2, 0.25) is 0 Å². The van der Waals surface area contributed by atoms with E-state index in [1.54, 1.807) is 0 Å². The maximum absolute atomic E-state index is 11.5. The Morgan fingerprint density at radius 2 is 1.80 bits per heavy atom. The van der Waals surface area contributed by atoms with Gasteiger partial charge in [0.25, 0.3) is 0 Å². The fourth-order valence-corrected chi connectivity index (χ4v) is 4.69. The molecule has 1 N–H and O–H groups in total. The van der Waals surface area contributed by atoms with Gasteiger partial charge >= 0.3 is 5.97 Å². The lowest BCUT2D eigenvalue weighted by Gasteiger charge is -2.45. The Morgan fingerprint density at radius 3 is 2.30 bits per heavy atom. The van der Waals surface area contributed by atoms with Crippen LogP contribution < -0.4 is 0 Å². The highest BCUT2D eigenvalue weighted by molar-refractivity contribution is 7.85. The van der Waals surface area contributed by atoms with Crippen LogP contribution in [0, 0.1) is 17.3 Å². The summed E-state index contributed by atoms with van der Waals surface area (Å²) >= 11 is 0. The summed E-state index contributed by atoms with van der Waals surface area (Å²) in [6, 6.07) is 0.128. The third-order valence-corrected chi connectivity index (χ3v) is 6.32. The van der Waals surface area contributed by atoms with Crippen LogP contribution >= 0.6 is 0 Å². The van der Waals surface area contributed by atoms with Crippen molar-refractivity contribution >= 4 is 16.8 Å². The Kier molecular flexibility index (Phi) is 4.90. The first-order chi connectivity index (χ1) is 9.29. The molecule has 1 aliphatic carbocycles. The van der Waals surface area contributed by atoms with Gasteiger partial charge in [0.15, 0.2) is 0 Å². The number of aliphatic carboxylic acids is 1. The second kappa shape index (κ2) is 6.14. The van der Waals surface area contributed by atoms with Gasteiger partial charge in [-0.05, 0) is 30.6 Å². The lowest BCUT2D eigenvalue weighted by atomic mass is 9.67. The molecule has 1 saturated heterocycles. The van der Waals surface area contributed by atoms with E-state index in [1.165, 1.54) is 0 Å². The number of hydrogen-bond donors (Lipinski definition) is 1. The van der Waals surface area contributed by atoms with Gasteiger partial charge in [0.1, 0.15) is 0 Å². The average molecular weight is 301 g/mol. The highest BCUT2D eigenvalue weighted by atomic mass is 32.2. The van der Waals surface area contributed by atoms with Gasteiger partial charge in [-0.2, -0.15) is 0 Å². The zero-order valence-electron chi connectivity index (χ0n) is 12.8. The van der Waals surface area contributed by atoms with E-state index in [0.717, 1.165) is 32.4 Å². The molecule has 116 valence electrons. The van der Waals surface area contributed by atoms with Crippen LogP contribution in [0.25, 0.3) is 0 Å². The van der Waals surface area contributed by atoms with Crippen molar-refractivity contribution < 1.29 is 14.1 Å². The lowest BCUT2D eigenvalue weighted by Crippen LogP contribution is -2.52. The minimum Gasteiger partial charge on any atom is -0.481 e. The third-order valence-electron chi connectivity index (χ3n) is 5.04. The Balaban J connectivity index is 2.10. The topological polar surface area (TPSA) is 57.6 Å². The molecule has 1 aliphatic heterocycles. The normalized spacial score (nSPS) is 34.0. The Hall–Kier alpha value is -0.420. The zero-order valence-corrected chi connectivity index (χ0v) is 13.6. The fourth-order valence-electron chi connectivity index (χ4n) is 3.61. The lowest BCUT2D eigenvalue weighted by molar-refractivity contribution is -0.146. The molecule has 1 heterocycles. The molecular formula is C15H27NO3S. The van der Waals surface area contributed by atoms with Crippen molar-refractivity contribution in [1.82, 2.24) is 4.90 Å². The SMILES string of the molecule is CC(C)(C)C1CCC(C(=O)O)C(N2CCS(=O)CC2)C1. The molecule has 0 aromatic carbocycles. The minimum absolute atomic E-state index is 0.128. The summed E-state index contributed by atoms with van der Waals surface area (Å²) in [4.78, 5) is 13.8. The van der Waals surface area contributed by atoms with E-state index in [-0.39, 0.29) is 17.4 Å². The highest BCUT2D eigenvalue weighted by Gasteiger charge is 2.42. The largest absolute Gasteiger partial charge is 0.481 e. The molecule has 20 heavy (non-hydrogen) atoms. The Morgan fingerprint density at radius 1 is 1.20 bits per heavy atom. The molecule has 3 atom stereocenters. The van der Waals surface area contributed by atoms with Gasteiger partial charge in [-0.15, -0.1) is 0 Å². The smallest absolute Gasteiger partial charge is 0.308 e. The first-order valence-corrected chi connectivity index (χ1v) is 9.09. The number of carboxylic acids is 1. The van der Waals surface area contributed by atoms with Crippen LogP contribution in [-0.2, 0) is 15.6 Å². The Labute approximate surface area is 124 Å². The van der Waals surface area contributed by atoms with Crippen molar-refractivity contribution in [1.29, 1.82) is 0 Å². The summed E-state index contributed by atoms with van der Waals surface area (Å²) in [6.45, 7) is 8.33. The van der Waals surface area contributed by atoms with Gasteiger partial charge in [0.2, 0.25) is 0 Å². The van der Waals surface area contributed by atoms with Crippen molar-refractivity contribution in [2.24, 2.45) is 17.3 Å². The van der Waals surface area contributed by atoms with Crippen molar-refractivity contribution in [3.05, 3.63) is 0 Å². The maximum atomic E-state index is 11.5. The number of hydrogen-bond acceptors (Lipinski definition) is 3. The quantitative estimate of drug-likeness (QED) is 0.847. The van der Waals surface area contributed by atoms with Gasteiger partial charge in [-0.25, -0.2) is 0 Å². The Bertz CT molecular complexity index is 381. The van der Waals surface area contributed by atoms with E-state index >= 15 is 0 Å². The van der Waals surface area contributed by atoms with E-state index in [0.29, 0.717) is 17.4 Å². The summed E-state index contributed by atoms with van der Waals surface area (Å²) in [5.74, 6) is 1.07. The van der Waals surface area contributed by atoms with Crippen molar-refractivity contribution in [2.75, 3.05) is 24.6 Å². The van der Waals surface area contributed by atoms with E-state index in [1.807, 2.05) is 0 Å². The van der Waals surface area contributed by atoms with Gasteiger partial charge in [0.05, 0.1) is 5.92 Å². The average Bonchev–Trinajstić information content (AvgIpc) is 2.37. The van der Waals surface area contributed by atoms with Crippen LogP contribution in [0.5, 0.6) is 0 Å². The molecule has 0 amide bonds. The molecular weight excluding hydrogens is 274 g/mol. The molecule has 0 aromatic heterocycles. The summed E-state index contributed by atoms with van der Waals surface area (Å²) in [5.41, 5.74) is 0.236. The monoisotopic (exact) mass is 301 g/mol. The summed E-state index contributed by atoms with van der Waals surface area (Å²) in [6.07, 6.45) is 2.76. The van der Waals surface area contributed by atoms with Crippen LogP contribution in [-0.4, -0.2) is 50.8 Å². The van der Waals surface area contributed by atoms with Gasteiger partial charge in [-0.1, -0.05) is 20.8 Å². The van der Waals surface area contributed by atoms with E-state index < -0.39 is 16.8 Å². The standard InChI is InChI=1S/C15H27NO3S/c1-15(2,3)11-4-5-12(14(17)18)13(10-11)16-6-8-20(19)9-7-16/h11-13H,4-10H2,1-3H3,(H,17,18). The molecule has 1 saturated carbocycles. The van der Waals surface area contributed by atoms with Crippen molar-refractivity contribution in [3.63, 3.8) is 0 Å². The molecule has 0 radical (unpaired) electrons. The van der Waals surface area contributed by atoms with Crippen molar-refractivity contribution in [2.45, 2.75) is 46.1 Å². The van der Waals surface area contributed by atoms with Crippen LogP contribution in [0.4, 0.5) is 0 Å². The molecule has 0 aromatic rings. The third kappa shape index (κ3) is 3.61. The second-order valence-corrected chi connectivity index (χ2v) is 8.97. The molecule has 3 unspecified atom stereocenters. The highest BCUT2D eigenvalue weighted by Crippen LogP contribution is 2.41. The number of carboxylic acid groups (broad SMARTS) is 1. The van der Waals surface area contributed by atoms with Crippen molar-refractivity contribution in [3.8, 4) is 0 Å². The molecule has 2 aliphatic rings. The predicted octanol–water partition coefficient (Wildman–Crippen LogP) is 1.97. The summed E-state index contributed by atoms with van der Waals surface area (Å²) in [7, 11) is -0.702. The number of nitrogens with zero attached hydrogens (tertiary/aromatic N) is 1. The first kappa shape index (κ1) is 16.0. The van der Waals surface area contributed by atoms with Gasteiger partial charge in [-0.3, -0.25) is 13.9 Å². The van der Waals surface area contributed by atoms with E-state index in [4.69, 9.17) is 0 Å². The van der Waals surface area contributed by atoms with E-state index in [2.05, 4.69) is 25.7 Å². The van der Waals surface area contributed by atoms with Gasteiger partial charge < -0.3 is 5.11 Å². The fraction of sp³-hybridized carbons (Fsp3) is 0.933. The number of carbonyl (C=O) groups is 1. The zero-order chi connectivity index (χ0) is 14.9. The molecule has 0 bridgehead atoms. The molecule has 5 heteroatoms. The minimum atomic E-state index is -0.702. The van der Waals surface area contributed by atoms with Crippen LogP contribution in [0.3, 0.4) is 0 Å². The molecule has 4 nitrogen and oxygen atoms in total. The van der Waals surface area contributed by atoms with Gasteiger partial charge in [0, 0.05) is 41.4 Å².